The van der Waals surface area contributed by atoms with Crippen molar-refractivity contribution in [3.05, 3.63) is 224 Å². The first-order chi connectivity index (χ1) is 31.3. The van der Waals surface area contributed by atoms with Crippen molar-refractivity contribution in [3.8, 4) is 51.0 Å². The van der Waals surface area contributed by atoms with E-state index >= 15 is 0 Å². The van der Waals surface area contributed by atoms with Crippen LogP contribution in [0.4, 0.5) is 0 Å². The van der Waals surface area contributed by atoms with Crippen molar-refractivity contribution >= 4 is 65.4 Å². The zero-order valence-corrected chi connectivity index (χ0v) is 34.1. The third-order valence-electron chi connectivity index (χ3n) is 12.7. The molecular formula is C58H37N5. The molecule has 0 fully saturated rings. The van der Waals surface area contributed by atoms with Gasteiger partial charge in [0.15, 0.2) is 5.82 Å². The summed E-state index contributed by atoms with van der Waals surface area (Å²) in [7, 11) is 0. The quantitative estimate of drug-likeness (QED) is 0.168. The lowest BCUT2D eigenvalue weighted by Gasteiger charge is -2.15. The summed E-state index contributed by atoms with van der Waals surface area (Å²) in [4.78, 5) is 10.6. The topological polar surface area (TPSA) is 40.6 Å². The maximum Gasteiger partial charge on any atom is 0.162 e. The smallest absolute Gasteiger partial charge is 0.162 e. The summed E-state index contributed by atoms with van der Waals surface area (Å²) in [5.74, 6) is 1.50. The van der Waals surface area contributed by atoms with Crippen molar-refractivity contribution < 1.29 is 0 Å². The minimum Gasteiger partial charge on any atom is -0.307 e. The predicted octanol–water partition coefficient (Wildman–Crippen LogP) is 14.8. The van der Waals surface area contributed by atoms with Gasteiger partial charge in [0.25, 0.3) is 0 Å². The summed E-state index contributed by atoms with van der Waals surface area (Å²) in [6, 6.07) is 80.2. The van der Waals surface area contributed by atoms with E-state index in [0.717, 1.165) is 56.1 Å². The second kappa shape index (κ2) is 14.0. The number of nitrogens with zero attached hydrogens (tertiary/aromatic N) is 5. The van der Waals surface area contributed by atoms with Gasteiger partial charge >= 0.3 is 0 Å². The Morgan fingerprint density at radius 2 is 0.714 bits per heavy atom. The summed E-state index contributed by atoms with van der Waals surface area (Å²) in [6.07, 6.45) is 0. The molecule has 0 unspecified atom stereocenters. The Hall–Kier alpha value is -8.54. The number of hydrogen-bond donors (Lipinski definition) is 0. The molecule has 0 saturated heterocycles. The molecule has 13 aromatic rings. The van der Waals surface area contributed by atoms with E-state index in [9.17, 15) is 0 Å². The maximum atomic E-state index is 5.31. The summed E-state index contributed by atoms with van der Waals surface area (Å²) in [5, 5.41) is 7.23. The minimum absolute atomic E-state index is 0.678. The first kappa shape index (κ1) is 35.2. The van der Waals surface area contributed by atoms with E-state index in [-0.39, 0.29) is 0 Å². The standard InChI is InChI=1S/C58H37N5/c1-3-16-38(17-4-1)39-30-32-42(33-31-39)61-51-26-11-9-24-46(51)48-34-35-49-47-25-10-12-27-52(47)62(57(49)56(48)61)43-21-15-20-41(36-43)50-37-55(60-58(59-50)40-18-5-2-6-19-40)63-53-28-13-7-22-44(53)45-23-8-14-29-54(45)63/h1-37H. The first-order valence-corrected chi connectivity index (χ1v) is 21.4. The average Bonchev–Trinajstić information content (AvgIpc) is 4.01. The highest BCUT2D eigenvalue weighted by Crippen LogP contribution is 2.42. The molecular weight excluding hydrogens is 767 g/mol. The fourth-order valence-electron chi connectivity index (χ4n) is 9.86. The number of benzene rings is 9. The van der Waals surface area contributed by atoms with Gasteiger partial charge in [0.1, 0.15) is 5.82 Å². The van der Waals surface area contributed by atoms with Crippen LogP contribution in [0.15, 0.2) is 224 Å². The molecule has 0 saturated carbocycles. The Morgan fingerprint density at radius 3 is 1.29 bits per heavy atom. The third-order valence-corrected chi connectivity index (χ3v) is 12.7. The van der Waals surface area contributed by atoms with Crippen LogP contribution in [-0.2, 0) is 0 Å². The molecule has 0 atom stereocenters. The van der Waals surface area contributed by atoms with Gasteiger partial charge in [0.2, 0.25) is 0 Å². The van der Waals surface area contributed by atoms with Gasteiger partial charge in [-0.25, -0.2) is 9.97 Å². The van der Waals surface area contributed by atoms with Gasteiger partial charge in [-0.2, -0.15) is 0 Å². The molecule has 4 aromatic heterocycles. The average molecular weight is 804 g/mol. The van der Waals surface area contributed by atoms with Crippen molar-refractivity contribution in [1.82, 2.24) is 23.7 Å². The van der Waals surface area contributed by atoms with E-state index in [4.69, 9.17) is 9.97 Å². The molecule has 0 aliphatic rings. The van der Waals surface area contributed by atoms with Crippen molar-refractivity contribution in [3.63, 3.8) is 0 Å². The van der Waals surface area contributed by atoms with Crippen LogP contribution < -0.4 is 0 Å². The molecule has 9 aromatic carbocycles. The van der Waals surface area contributed by atoms with Crippen LogP contribution in [0.25, 0.3) is 116 Å². The fraction of sp³-hybridized carbons (Fsp3) is 0. The van der Waals surface area contributed by atoms with E-state index < -0.39 is 0 Å². The van der Waals surface area contributed by atoms with Crippen LogP contribution in [0, 0.1) is 0 Å². The van der Waals surface area contributed by atoms with Crippen molar-refractivity contribution in [2.75, 3.05) is 0 Å². The SMILES string of the molecule is c1ccc(-c2ccc(-n3c4ccccc4c4ccc5c6ccccc6n(-c6cccc(-c7cc(-n8c9ccccc9c9ccccc98)nc(-c8ccccc8)n7)c6)c5c43)cc2)cc1. The number of fused-ring (bicyclic) bond motifs is 10. The zero-order valence-electron chi connectivity index (χ0n) is 34.1. The van der Waals surface area contributed by atoms with E-state index in [0.29, 0.717) is 5.82 Å². The van der Waals surface area contributed by atoms with Crippen LogP contribution in [0.3, 0.4) is 0 Å². The Bertz CT molecular complexity index is 3840. The number of aromatic nitrogens is 5. The molecule has 0 amide bonds. The highest BCUT2D eigenvalue weighted by Gasteiger charge is 2.22. The highest BCUT2D eigenvalue weighted by molar-refractivity contribution is 6.24. The van der Waals surface area contributed by atoms with Crippen molar-refractivity contribution in [2.24, 2.45) is 0 Å². The summed E-state index contributed by atoms with van der Waals surface area (Å²) < 4.78 is 7.19. The monoisotopic (exact) mass is 803 g/mol. The molecule has 294 valence electrons. The molecule has 0 radical (unpaired) electrons. The van der Waals surface area contributed by atoms with Gasteiger partial charge in [0.05, 0.1) is 38.8 Å². The third kappa shape index (κ3) is 5.50. The molecule has 0 spiro atoms. The molecule has 0 N–H and O–H groups in total. The van der Waals surface area contributed by atoms with Crippen molar-refractivity contribution in [2.45, 2.75) is 0 Å². The highest BCUT2D eigenvalue weighted by atomic mass is 15.1. The second-order valence-corrected chi connectivity index (χ2v) is 16.2. The van der Waals surface area contributed by atoms with Crippen LogP contribution in [-0.4, -0.2) is 23.7 Å². The Kier molecular flexibility index (Phi) is 7.84. The van der Waals surface area contributed by atoms with Crippen LogP contribution in [0.2, 0.25) is 0 Å². The molecule has 4 heterocycles. The summed E-state index contributed by atoms with van der Waals surface area (Å²) in [5.41, 5.74) is 14.2. The molecule has 5 heteroatoms. The minimum atomic E-state index is 0.678. The number of hydrogen-bond acceptors (Lipinski definition) is 2. The van der Waals surface area contributed by atoms with Gasteiger partial charge in [-0.05, 0) is 59.7 Å². The lowest BCUT2D eigenvalue weighted by molar-refractivity contribution is 1.05. The lowest BCUT2D eigenvalue weighted by atomic mass is 10.1. The zero-order chi connectivity index (χ0) is 41.4. The largest absolute Gasteiger partial charge is 0.307 e. The predicted molar refractivity (Wildman–Crippen MR) is 261 cm³/mol. The van der Waals surface area contributed by atoms with Gasteiger partial charge in [-0.15, -0.1) is 0 Å². The molecule has 0 aliphatic carbocycles. The van der Waals surface area contributed by atoms with Gasteiger partial charge < -0.3 is 9.13 Å². The van der Waals surface area contributed by atoms with Crippen LogP contribution in [0.1, 0.15) is 0 Å². The number of para-hydroxylation sites is 4. The second-order valence-electron chi connectivity index (χ2n) is 16.2. The van der Waals surface area contributed by atoms with E-state index in [1.165, 1.54) is 54.5 Å². The first-order valence-electron chi connectivity index (χ1n) is 21.4. The molecule has 63 heavy (non-hydrogen) atoms. The number of rotatable bonds is 6. The molecule has 0 bridgehead atoms. The van der Waals surface area contributed by atoms with Crippen LogP contribution in [0.5, 0.6) is 0 Å². The van der Waals surface area contributed by atoms with Crippen LogP contribution >= 0.6 is 0 Å². The van der Waals surface area contributed by atoms with E-state index in [1.807, 2.05) is 18.2 Å². The Labute approximate surface area is 363 Å². The fourth-order valence-corrected chi connectivity index (χ4v) is 9.86. The maximum absolute atomic E-state index is 5.31. The van der Waals surface area contributed by atoms with Gasteiger partial charge in [-0.1, -0.05) is 170 Å². The van der Waals surface area contributed by atoms with Crippen molar-refractivity contribution in [1.29, 1.82) is 0 Å². The normalized spacial score (nSPS) is 11.8. The van der Waals surface area contributed by atoms with E-state index in [2.05, 4.69) is 220 Å². The Morgan fingerprint density at radius 1 is 0.270 bits per heavy atom. The van der Waals surface area contributed by atoms with Gasteiger partial charge in [0, 0.05) is 60.9 Å². The van der Waals surface area contributed by atoms with Gasteiger partial charge in [-0.3, -0.25) is 4.57 Å². The Balaban J connectivity index is 1.06. The summed E-state index contributed by atoms with van der Waals surface area (Å²) in [6.45, 7) is 0. The molecule has 5 nitrogen and oxygen atoms in total. The molecule has 0 aliphatic heterocycles. The summed E-state index contributed by atoms with van der Waals surface area (Å²) >= 11 is 0. The van der Waals surface area contributed by atoms with E-state index in [1.54, 1.807) is 0 Å². The molecule has 13 rings (SSSR count). The lowest BCUT2D eigenvalue weighted by Crippen LogP contribution is -2.03.